The van der Waals surface area contributed by atoms with E-state index in [1.165, 1.54) is 9.26 Å². The number of aliphatic hydroxyl groups excluding tert-OH is 1. The highest BCUT2D eigenvalue weighted by molar-refractivity contribution is 14.1. The van der Waals surface area contributed by atoms with Gasteiger partial charge in [0.1, 0.15) is 3.70 Å². The molecule has 17 heavy (non-hydrogen) atoms. The molecule has 96 valence electrons. The Hall–Kier alpha value is -0.140. The third kappa shape index (κ3) is 3.20. The number of halogens is 1. The molecule has 1 aliphatic heterocycles. The Morgan fingerprint density at radius 3 is 2.65 bits per heavy atom. The summed E-state index contributed by atoms with van der Waals surface area (Å²) >= 11 is 2.37. The van der Waals surface area contributed by atoms with E-state index >= 15 is 0 Å². The van der Waals surface area contributed by atoms with Crippen LogP contribution in [-0.2, 0) is 0 Å². The van der Waals surface area contributed by atoms with Crippen LogP contribution < -0.4 is 0 Å². The van der Waals surface area contributed by atoms with Crippen molar-refractivity contribution in [2.24, 2.45) is 0 Å². The molecule has 1 aromatic heterocycles. The fraction of sp³-hybridized carbons (Fsp3) is 0.750. The molecule has 2 heterocycles. The average Bonchev–Trinajstić information content (AvgIpc) is 2.60. The number of hydrogen-bond acceptors (Lipinski definition) is 3. The Bertz CT molecular complexity index is 370. The second kappa shape index (κ2) is 5.67. The summed E-state index contributed by atoms with van der Waals surface area (Å²) in [6.45, 7) is 6.87. The summed E-state index contributed by atoms with van der Waals surface area (Å²) in [5.41, 5.74) is 1.26. The second-order valence-electron chi connectivity index (χ2n) is 4.94. The summed E-state index contributed by atoms with van der Waals surface area (Å²) in [4.78, 5) is 2.34. The number of aromatic nitrogens is 2. The van der Waals surface area contributed by atoms with Gasteiger partial charge in [0.25, 0.3) is 0 Å². The maximum absolute atomic E-state index is 9.37. The van der Waals surface area contributed by atoms with Gasteiger partial charge in [-0.15, -0.1) is 0 Å². The van der Waals surface area contributed by atoms with E-state index in [1.54, 1.807) is 0 Å². The van der Waals surface area contributed by atoms with Crippen molar-refractivity contribution in [2.75, 3.05) is 19.6 Å². The Morgan fingerprint density at radius 2 is 2.18 bits per heavy atom. The molecule has 0 aromatic carbocycles. The van der Waals surface area contributed by atoms with E-state index in [0.717, 1.165) is 32.5 Å². The Kier molecular flexibility index (Phi) is 4.43. The highest BCUT2D eigenvalue weighted by Gasteiger charge is 2.23. The quantitative estimate of drug-likeness (QED) is 0.847. The molecule has 1 atom stereocenters. The van der Waals surface area contributed by atoms with Crippen molar-refractivity contribution in [3.8, 4) is 0 Å². The van der Waals surface area contributed by atoms with Gasteiger partial charge in [0.05, 0.1) is 18.3 Å². The smallest absolute Gasteiger partial charge is 0.102 e. The number of nitrogens with zero attached hydrogens (tertiary/aromatic N) is 3. The van der Waals surface area contributed by atoms with Gasteiger partial charge in [-0.05, 0) is 49.3 Å². The number of likely N-dealkylation sites (tertiary alicyclic amines) is 1. The normalized spacial score (nSPS) is 20.7. The summed E-state index contributed by atoms with van der Waals surface area (Å²) in [5, 5.41) is 13.8. The highest BCUT2D eigenvalue weighted by atomic mass is 127. The molecule has 1 saturated heterocycles. The Labute approximate surface area is 116 Å². The van der Waals surface area contributed by atoms with Crippen molar-refractivity contribution >= 4 is 22.6 Å². The minimum Gasteiger partial charge on any atom is -0.392 e. The van der Waals surface area contributed by atoms with Crippen LogP contribution in [0, 0.1) is 10.6 Å². The molecule has 4 nitrogen and oxygen atoms in total. The van der Waals surface area contributed by atoms with E-state index in [0.29, 0.717) is 6.04 Å². The number of piperidine rings is 1. The lowest BCUT2D eigenvalue weighted by atomic mass is 10.1. The van der Waals surface area contributed by atoms with Crippen molar-refractivity contribution in [2.45, 2.75) is 38.8 Å². The second-order valence-corrected chi connectivity index (χ2v) is 5.97. The molecule has 0 spiro atoms. The molecule has 0 amide bonds. The fourth-order valence-electron chi connectivity index (χ4n) is 2.41. The van der Waals surface area contributed by atoms with Crippen molar-refractivity contribution in [1.29, 1.82) is 0 Å². The van der Waals surface area contributed by atoms with E-state index in [1.807, 2.05) is 13.1 Å². The van der Waals surface area contributed by atoms with Crippen molar-refractivity contribution < 1.29 is 5.11 Å². The van der Waals surface area contributed by atoms with E-state index in [4.69, 9.17) is 0 Å². The SMILES string of the molecule is Cc1cnn(C2CCN(C[C@@H](C)O)CC2)c1I. The molecule has 0 bridgehead atoms. The molecule has 1 fully saturated rings. The first-order chi connectivity index (χ1) is 8.08. The Morgan fingerprint density at radius 1 is 1.53 bits per heavy atom. The van der Waals surface area contributed by atoms with Crippen molar-refractivity contribution in [3.05, 3.63) is 15.5 Å². The standard InChI is InChI=1S/C12H20IN3O/c1-9-7-14-16(12(9)13)11-3-5-15(6-4-11)8-10(2)17/h7,10-11,17H,3-6,8H2,1-2H3/t10-/m1/s1. The third-order valence-corrected chi connectivity index (χ3v) is 4.67. The molecule has 2 rings (SSSR count). The molecular formula is C12H20IN3O. The number of hydrogen-bond donors (Lipinski definition) is 1. The molecule has 0 unspecified atom stereocenters. The lowest BCUT2D eigenvalue weighted by Gasteiger charge is -2.33. The minimum absolute atomic E-state index is 0.223. The summed E-state index contributed by atoms with van der Waals surface area (Å²) < 4.78 is 3.42. The highest BCUT2D eigenvalue weighted by Crippen LogP contribution is 2.25. The fourth-order valence-corrected chi connectivity index (χ4v) is 3.07. The van der Waals surface area contributed by atoms with Crippen LogP contribution in [0.1, 0.15) is 31.4 Å². The van der Waals surface area contributed by atoms with E-state index in [-0.39, 0.29) is 6.10 Å². The van der Waals surface area contributed by atoms with Gasteiger partial charge in [0.2, 0.25) is 0 Å². The predicted octanol–water partition coefficient (Wildman–Crippen LogP) is 1.81. The molecule has 0 radical (unpaired) electrons. The number of aliphatic hydroxyl groups is 1. The van der Waals surface area contributed by atoms with Crippen LogP contribution >= 0.6 is 22.6 Å². The zero-order valence-electron chi connectivity index (χ0n) is 10.4. The first-order valence-electron chi connectivity index (χ1n) is 6.18. The lowest BCUT2D eigenvalue weighted by molar-refractivity contribution is 0.0991. The van der Waals surface area contributed by atoms with Gasteiger partial charge < -0.3 is 10.0 Å². The van der Waals surface area contributed by atoms with E-state index in [2.05, 4.69) is 44.2 Å². The molecule has 0 saturated carbocycles. The number of β-amino-alcohol motifs (C(OH)–C–C–N with tert-alkyl or cyclic N) is 1. The zero-order chi connectivity index (χ0) is 12.4. The number of aryl methyl sites for hydroxylation is 1. The maximum atomic E-state index is 9.37. The lowest BCUT2D eigenvalue weighted by Crippen LogP contribution is -2.39. The van der Waals surface area contributed by atoms with Crippen LogP contribution in [0.4, 0.5) is 0 Å². The van der Waals surface area contributed by atoms with Crippen LogP contribution in [0.3, 0.4) is 0 Å². The van der Waals surface area contributed by atoms with Gasteiger partial charge in [-0.25, -0.2) is 0 Å². The monoisotopic (exact) mass is 349 g/mol. The van der Waals surface area contributed by atoms with E-state index < -0.39 is 0 Å². The topological polar surface area (TPSA) is 41.3 Å². The summed E-state index contributed by atoms with van der Waals surface area (Å²) in [6, 6.07) is 0.529. The zero-order valence-corrected chi connectivity index (χ0v) is 12.6. The van der Waals surface area contributed by atoms with Crippen LogP contribution in [0.25, 0.3) is 0 Å². The molecule has 0 aliphatic carbocycles. The van der Waals surface area contributed by atoms with Gasteiger partial charge in [0.15, 0.2) is 0 Å². The predicted molar refractivity (Wildman–Crippen MR) is 76.1 cm³/mol. The molecule has 5 heteroatoms. The average molecular weight is 349 g/mol. The van der Waals surface area contributed by atoms with Crippen molar-refractivity contribution in [3.63, 3.8) is 0 Å². The third-order valence-electron chi connectivity index (χ3n) is 3.33. The van der Waals surface area contributed by atoms with E-state index in [9.17, 15) is 5.11 Å². The minimum atomic E-state index is -0.223. The summed E-state index contributed by atoms with van der Waals surface area (Å²) in [7, 11) is 0. The van der Waals surface area contributed by atoms with Crippen LogP contribution in [-0.4, -0.2) is 45.5 Å². The van der Waals surface area contributed by atoms with Crippen molar-refractivity contribution in [1.82, 2.24) is 14.7 Å². The van der Waals surface area contributed by atoms with Crippen LogP contribution in [0.2, 0.25) is 0 Å². The van der Waals surface area contributed by atoms with Gasteiger partial charge >= 0.3 is 0 Å². The summed E-state index contributed by atoms with van der Waals surface area (Å²) in [5.74, 6) is 0. The molecule has 1 aliphatic rings. The van der Waals surface area contributed by atoms with Gasteiger partial charge in [0, 0.05) is 25.2 Å². The van der Waals surface area contributed by atoms with Gasteiger partial charge in [-0.3, -0.25) is 4.68 Å². The largest absolute Gasteiger partial charge is 0.392 e. The number of rotatable bonds is 3. The summed E-state index contributed by atoms with van der Waals surface area (Å²) in [6.07, 6.45) is 3.98. The van der Waals surface area contributed by atoms with Gasteiger partial charge in [-0.1, -0.05) is 0 Å². The maximum Gasteiger partial charge on any atom is 0.102 e. The molecule has 1 N–H and O–H groups in total. The first-order valence-corrected chi connectivity index (χ1v) is 7.26. The molecule has 1 aromatic rings. The molecular weight excluding hydrogens is 329 g/mol. The van der Waals surface area contributed by atoms with Gasteiger partial charge in [-0.2, -0.15) is 5.10 Å². The Balaban J connectivity index is 1.93. The first kappa shape index (κ1) is 13.3. The van der Waals surface area contributed by atoms with Crippen LogP contribution in [0.5, 0.6) is 0 Å². The van der Waals surface area contributed by atoms with Crippen LogP contribution in [0.15, 0.2) is 6.20 Å².